The normalized spacial score (nSPS) is 14.7. The first kappa shape index (κ1) is 19.2. The number of ether oxygens (including phenoxy) is 1. The molecule has 4 rings (SSSR count). The van der Waals surface area contributed by atoms with E-state index in [1.54, 1.807) is 18.2 Å². The van der Waals surface area contributed by atoms with Crippen molar-refractivity contribution in [2.24, 2.45) is 0 Å². The van der Waals surface area contributed by atoms with Gasteiger partial charge in [0.2, 0.25) is 5.91 Å². The predicted molar refractivity (Wildman–Crippen MR) is 108 cm³/mol. The zero-order valence-corrected chi connectivity index (χ0v) is 16.5. The van der Waals surface area contributed by atoms with Crippen LogP contribution in [0.15, 0.2) is 36.4 Å². The molecule has 0 atom stereocenters. The first-order valence-electron chi connectivity index (χ1n) is 10.0. The molecule has 0 saturated carbocycles. The van der Waals surface area contributed by atoms with E-state index in [1.165, 1.54) is 17.5 Å². The van der Waals surface area contributed by atoms with Crippen LogP contribution >= 0.6 is 0 Å². The highest BCUT2D eigenvalue weighted by Crippen LogP contribution is 2.26. The highest BCUT2D eigenvalue weighted by Gasteiger charge is 2.35. The number of nitrogens with zero attached hydrogens (tertiary/aromatic N) is 1. The number of aryl methyl sites for hydroxylation is 3. The monoisotopic (exact) mass is 392 g/mol. The maximum Gasteiger partial charge on any atom is 0.261 e. The van der Waals surface area contributed by atoms with Crippen LogP contribution in [0.1, 0.15) is 50.2 Å². The molecule has 1 heterocycles. The summed E-state index contributed by atoms with van der Waals surface area (Å²) in [7, 11) is 0. The van der Waals surface area contributed by atoms with Crippen molar-refractivity contribution in [2.45, 2.75) is 32.6 Å². The quantitative estimate of drug-likeness (QED) is 0.581. The van der Waals surface area contributed by atoms with Gasteiger partial charge in [0, 0.05) is 13.0 Å². The largest absolute Gasteiger partial charge is 0.492 e. The van der Waals surface area contributed by atoms with E-state index in [4.69, 9.17) is 4.74 Å². The fourth-order valence-electron chi connectivity index (χ4n) is 3.91. The Balaban J connectivity index is 1.21. The summed E-state index contributed by atoms with van der Waals surface area (Å²) in [5.74, 6) is -0.0595. The molecule has 2 aromatic carbocycles. The summed E-state index contributed by atoms with van der Waals surface area (Å²) in [5.41, 5.74) is 4.49. The average molecular weight is 392 g/mol. The zero-order chi connectivity index (χ0) is 20.4. The third-order valence-corrected chi connectivity index (χ3v) is 5.45. The van der Waals surface area contributed by atoms with E-state index in [-0.39, 0.29) is 30.7 Å². The first-order chi connectivity index (χ1) is 14.0. The smallest absolute Gasteiger partial charge is 0.261 e. The highest BCUT2D eigenvalue weighted by molar-refractivity contribution is 6.21. The van der Waals surface area contributed by atoms with Crippen molar-refractivity contribution < 1.29 is 19.1 Å². The zero-order valence-electron chi connectivity index (χ0n) is 16.5. The number of benzene rings is 2. The Hall–Kier alpha value is -3.15. The van der Waals surface area contributed by atoms with E-state index >= 15 is 0 Å². The lowest BCUT2D eigenvalue weighted by atomic mass is 10.1. The minimum atomic E-state index is -0.335. The lowest BCUT2D eigenvalue weighted by Crippen LogP contribution is -2.35. The number of carbonyl (C=O) groups is 3. The van der Waals surface area contributed by atoms with Crippen LogP contribution < -0.4 is 10.1 Å². The Kier molecular flexibility index (Phi) is 5.34. The van der Waals surface area contributed by atoms with Gasteiger partial charge < -0.3 is 10.1 Å². The summed E-state index contributed by atoms with van der Waals surface area (Å²) < 4.78 is 5.71. The number of amides is 3. The molecule has 29 heavy (non-hydrogen) atoms. The Morgan fingerprint density at radius 2 is 1.83 bits per heavy atom. The van der Waals surface area contributed by atoms with E-state index < -0.39 is 0 Å². The number of rotatable bonds is 7. The molecule has 0 saturated heterocycles. The van der Waals surface area contributed by atoms with Crippen LogP contribution in [0.5, 0.6) is 5.75 Å². The van der Waals surface area contributed by atoms with E-state index in [9.17, 15) is 14.4 Å². The van der Waals surface area contributed by atoms with Gasteiger partial charge in [0.1, 0.15) is 12.4 Å². The molecule has 150 valence electrons. The SMILES string of the molecule is Cc1ccc2c(c1)C(=O)N(CCC(=O)NCCOc1ccc3c(c1)CCC3)C2=O. The van der Waals surface area contributed by atoms with Crippen molar-refractivity contribution in [1.82, 2.24) is 10.2 Å². The molecule has 1 aliphatic heterocycles. The molecule has 6 heteroatoms. The van der Waals surface area contributed by atoms with Gasteiger partial charge in [0.25, 0.3) is 11.8 Å². The molecule has 1 aliphatic carbocycles. The van der Waals surface area contributed by atoms with Crippen LogP contribution in [0, 0.1) is 6.92 Å². The molecule has 0 bridgehead atoms. The summed E-state index contributed by atoms with van der Waals surface area (Å²) in [6, 6.07) is 11.3. The van der Waals surface area contributed by atoms with E-state index in [1.807, 2.05) is 13.0 Å². The number of imide groups is 1. The molecule has 6 nitrogen and oxygen atoms in total. The summed E-state index contributed by atoms with van der Waals surface area (Å²) in [4.78, 5) is 38.0. The Labute approximate surface area is 169 Å². The summed E-state index contributed by atoms with van der Waals surface area (Å²) in [5, 5.41) is 2.78. The van der Waals surface area contributed by atoms with Gasteiger partial charge in [0.05, 0.1) is 17.7 Å². The fraction of sp³-hybridized carbons (Fsp3) is 0.348. The minimum absolute atomic E-state index is 0.0723. The van der Waals surface area contributed by atoms with Crippen LogP contribution in [0.3, 0.4) is 0 Å². The second-order valence-electron chi connectivity index (χ2n) is 7.54. The van der Waals surface area contributed by atoms with Crippen LogP contribution in [0.4, 0.5) is 0 Å². The third kappa shape index (κ3) is 4.01. The van der Waals surface area contributed by atoms with Crippen LogP contribution in [0.2, 0.25) is 0 Å². The molecule has 0 radical (unpaired) electrons. The van der Waals surface area contributed by atoms with Gasteiger partial charge >= 0.3 is 0 Å². The van der Waals surface area contributed by atoms with Crippen molar-refractivity contribution in [3.63, 3.8) is 0 Å². The van der Waals surface area contributed by atoms with E-state index in [0.29, 0.717) is 24.3 Å². The minimum Gasteiger partial charge on any atom is -0.492 e. The van der Waals surface area contributed by atoms with Gasteiger partial charge in [-0.1, -0.05) is 17.7 Å². The molecule has 0 aromatic heterocycles. The standard InChI is InChI=1S/C23H24N2O4/c1-15-5-8-19-20(13-15)23(28)25(22(19)27)11-9-21(26)24-10-12-29-18-7-6-16-3-2-4-17(16)14-18/h5-8,13-14H,2-4,9-12H2,1H3,(H,24,26). The van der Waals surface area contributed by atoms with Crippen molar-refractivity contribution in [1.29, 1.82) is 0 Å². The molecular formula is C23H24N2O4. The van der Waals surface area contributed by atoms with Crippen LogP contribution in [-0.2, 0) is 17.6 Å². The topological polar surface area (TPSA) is 75.7 Å². The number of carbonyl (C=O) groups excluding carboxylic acids is 3. The van der Waals surface area contributed by atoms with Crippen molar-refractivity contribution in [3.8, 4) is 5.75 Å². The molecule has 0 fully saturated rings. The molecule has 2 aliphatic rings. The summed E-state index contributed by atoms with van der Waals surface area (Å²) >= 11 is 0. The van der Waals surface area contributed by atoms with Crippen LogP contribution in [0.25, 0.3) is 0 Å². The maximum atomic E-state index is 12.4. The summed E-state index contributed by atoms with van der Waals surface area (Å²) in [6.45, 7) is 2.69. The lowest BCUT2D eigenvalue weighted by Gasteiger charge is -2.14. The molecule has 0 unspecified atom stereocenters. The predicted octanol–water partition coefficient (Wildman–Crippen LogP) is 2.67. The highest BCUT2D eigenvalue weighted by atomic mass is 16.5. The van der Waals surface area contributed by atoms with E-state index in [2.05, 4.69) is 17.4 Å². The molecule has 2 aromatic rings. The van der Waals surface area contributed by atoms with Crippen LogP contribution in [-0.4, -0.2) is 42.3 Å². The lowest BCUT2D eigenvalue weighted by molar-refractivity contribution is -0.121. The van der Waals surface area contributed by atoms with Crippen molar-refractivity contribution in [3.05, 3.63) is 64.2 Å². The molecule has 0 spiro atoms. The molecule has 1 N–H and O–H groups in total. The van der Waals surface area contributed by atoms with Gasteiger partial charge in [-0.2, -0.15) is 0 Å². The van der Waals surface area contributed by atoms with Crippen molar-refractivity contribution in [2.75, 3.05) is 19.7 Å². The third-order valence-electron chi connectivity index (χ3n) is 5.45. The van der Waals surface area contributed by atoms with Crippen molar-refractivity contribution >= 4 is 17.7 Å². The molecular weight excluding hydrogens is 368 g/mol. The van der Waals surface area contributed by atoms with Gasteiger partial charge in [0.15, 0.2) is 0 Å². The Morgan fingerprint density at radius 1 is 1.03 bits per heavy atom. The number of fused-ring (bicyclic) bond motifs is 2. The number of nitrogens with one attached hydrogen (secondary N) is 1. The molecule has 3 amide bonds. The Bertz CT molecular complexity index is 983. The van der Waals surface area contributed by atoms with E-state index in [0.717, 1.165) is 29.1 Å². The fourth-order valence-corrected chi connectivity index (χ4v) is 3.91. The van der Waals surface area contributed by atoms with Gasteiger partial charge in [-0.3, -0.25) is 19.3 Å². The second-order valence-corrected chi connectivity index (χ2v) is 7.54. The van der Waals surface area contributed by atoms with Gasteiger partial charge in [-0.15, -0.1) is 0 Å². The number of hydrogen-bond acceptors (Lipinski definition) is 4. The first-order valence-corrected chi connectivity index (χ1v) is 10.0. The second kappa shape index (κ2) is 8.07. The van der Waals surface area contributed by atoms with Gasteiger partial charge in [-0.05, 0) is 61.6 Å². The maximum absolute atomic E-state index is 12.4. The summed E-state index contributed by atoms with van der Waals surface area (Å²) in [6.07, 6.45) is 3.50. The average Bonchev–Trinajstić information content (AvgIpc) is 3.26. The van der Waals surface area contributed by atoms with Gasteiger partial charge in [-0.25, -0.2) is 0 Å². The Morgan fingerprint density at radius 3 is 2.69 bits per heavy atom. The number of hydrogen-bond donors (Lipinski definition) is 1.